The van der Waals surface area contributed by atoms with Crippen molar-refractivity contribution >= 4 is 0 Å². The molecule has 3 heteroatoms. The molecule has 2 heterocycles. The minimum atomic E-state index is 0.357. The zero-order valence-electron chi connectivity index (χ0n) is 13.0. The van der Waals surface area contributed by atoms with Gasteiger partial charge in [-0.15, -0.1) is 0 Å². The fourth-order valence-corrected chi connectivity index (χ4v) is 4.00. The summed E-state index contributed by atoms with van der Waals surface area (Å²) in [5.41, 5.74) is 2.00. The molecule has 0 aliphatic carbocycles. The molecule has 3 unspecified atom stereocenters. The molecular weight excluding hydrogens is 258 g/mol. The van der Waals surface area contributed by atoms with Crippen LogP contribution in [0.1, 0.15) is 49.8 Å². The first-order valence-corrected chi connectivity index (χ1v) is 8.12. The molecule has 2 fully saturated rings. The maximum atomic E-state index is 8.85. The number of nitrogens with one attached hydrogen (secondary N) is 1. The summed E-state index contributed by atoms with van der Waals surface area (Å²) in [4.78, 5) is 2.60. The zero-order chi connectivity index (χ0) is 14.8. The first kappa shape index (κ1) is 14.6. The molecule has 3 rings (SSSR count). The van der Waals surface area contributed by atoms with Gasteiger partial charge in [0.15, 0.2) is 0 Å². The number of fused-ring (bicyclic) bond motifs is 2. The molecule has 21 heavy (non-hydrogen) atoms. The van der Waals surface area contributed by atoms with E-state index in [0.717, 1.165) is 30.1 Å². The Hall–Kier alpha value is -1.37. The Labute approximate surface area is 128 Å². The van der Waals surface area contributed by atoms with Crippen molar-refractivity contribution in [2.45, 2.75) is 50.7 Å². The molecule has 3 atom stereocenters. The van der Waals surface area contributed by atoms with Gasteiger partial charge in [0.05, 0.1) is 11.6 Å². The SMILES string of the molecule is CC(NCC1CC2CCC(C1)N2C)c1ccc(C#N)cc1. The molecule has 2 aliphatic rings. The molecule has 3 nitrogen and oxygen atoms in total. The summed E-state index contributed by atoms with van der Waals surface area (Å²) in [6.07, 6.45) is 5.48. The summed E-state index contributed by atoms with van der Waals surface area (Å²) in [7, 11) is 2.30. The van der Waals surface area contributed by atoms with Crippen LogP contribution < -0.4 is 5.32 Å². The van der Waals surface area contributed by atoms with Gasteiger partial charge in [0, 0.05) is 18.1 Å². The van der Waals surface area contributed by atoms with E-state index in [0.29, 0.717) is 6.04 Å². The highest BCUT2D eigenvalue weighted by Gasteiger charge is 2.38. The zero-order valence-corrected chi connectivity index (χ0v) is 13.0. The van der Waals surface area contributed by atoms with Gasteiger partial charge >= 0.3 is 0 Å². The van der Waals surface area contributed by atoms with Crippen molar-refractivity contribution < 1.29 is 0 Å². The summed E-state index contributed by atoms with van der Waals surface area (Å²) >= 11 is 0. The van der Waals surface area contributed by atoms with Crippen LogP contribution in [0.15, 0.2) is 24.3 Å². The quantitative estimate of drug-likeness (QED) is 0.923. The van der Waals surface area contributed by atoms with Crippen LogP contribution in [-0.4, -0.2) is 30.6 Å². The average molecular weight is 283 g/mol. The third-order valence-electron chi connectivity index (χ3n) is 5.45. The summed E-state index contributed by atoms with van der Waals surface area (Å²) in [5, 5.41) is 12.5. The standard InChI is InChI=1S/C18H25N3/c1-13(16-5-3-14(11-19)4-6-16)20-12-15-9-17-7-8-18(10-15)21(17)2/h3-6,13,15,17-18,20H,7-10,12H2,1-2H3. The summed E-state index contributed by atoms with van der Waals surface area (Å²) in [6, 6.07) is 12.1. The van der Waals surface area contributed by atoms with E-state index in [1.165, 1.54) is 31.2 Å². The highest BCUT2D eigenvalue weighted by molar-refractivity contribution is 5.32. The molecule has 2 aliphatic heterocycles. The average Bonchev–Trinajstić information content (AvgIpc) is 2.75. The van der Waals surface area contributed by atoms with Gasteiger partial charge in [-0.25, -0.2) is 0 Å². The van der Waals surface area contributed by atoms with Crippen LogP contribution in [0.2, 0.25) is 0 Å². The monoisotopic (exact) mass is 283 g/mol. The first-order valence-electron chi connectivity index (χ1n) is 8.12. The molecule has 0 radical (unpaired) electrons. The molecule has 1 aromatic rings. The maximum absolute atomic E-state index is 8.85. The molecule has 2 saturated heterocycles. The number of rotatable bonds is 4. The smallest absolute Gasteiger partial charge is 0.0991 e. The predicted molar refractivity (Wildman–Crippen MR) is 84.9 cm³/mol. The normalized spacial score (nSPS) is 30.0. The van der Waals surface area contributed by atoms with Gasteiger partial charge in [-0.2, -0.15) is 5.26 Å². The predicted octanol–water partition coefficient (Wildman–Crippen LogP) is 3.08. The number of nitrogens with zero attached hydrogens (tertiary/aromatic N) is 2. The second-order valence-electron chi connectivity index (χ2n) is 6.75. The second-order valence-corrected chi connectivity index (χ2v) is 6.75. The third-order valence-corrected chi connectivity index (χ3v) is 5.45. The number of nitriles is 1. The fourth-order valence-electron chi connectivity index (χ4n) is 4.00. The van der Waals surface area contributed by atoms with Crippen LogP contribution in [0.25, 0.3) is 0 Å². The minimum Gasteiger partial charge on any atom is -0.310 e. The van der Waals surface area contributed by atoms with Crippen LogP contribution in [0, 0.1) is 17.2 Å². The van der Waals surface area contributed by atoms with E-state index < -0.39 is 0 Å². The van der Waals surface area contributed by atoms with E-state index in [1.807, 2.05) is 12.1 Å². The van der Waals surface area contributed by atoms with Crippen LogP contribution in [0.4, 0.5) is 0 Å². The van der Waals surface area contributed by atoms with E-state index in [1.54, 1.807) is 0 Å². The summed E-state index contributed by atoms with van der Waals surface area (Å²) < 4.78 is 0. The summed E-state index contributed by atoms with van der Waals surface area (Å²) in [5.74, 6) is 0.819. The molecule has 0 aromatic heterocycles. The van der Waals surface area contributed by atoms with E-state index >= 15 is 0 Å². The lowest BCUT2D eigenvalue weighted by molar-refractivity contribution is 0.131. The molecule has 0 saturated carbocycles. The van der Waals surface area contributed by atoms with Crippen LogP contribution in [-0.2, 0) is 0 Å². The Balaban J connectivity index is 1.52. The molecule has 1 N–H and O–H groups in total. The van der Waals surface area contributed by atoms with Gasteiger partial charge in [0.2, 0.25) is 0 Å². The Bertz CT molecular complexity index is 502. The highest BCUT2D eigenvalue weighted by Crippen LogP contribution is 2.37. The molecule has 2 bridgehead atoms. The van der Waals surface area contributed by atoms with E-state index in [-0.39, 0.29) is 0 Å². The molecule has 112 valence electrons. The van der Waals surface area contributed by atoms with Crippen LogP contribution in [0.5, 0.6) is 0 Å². The lowest BCUT2D eigenvalue weighted by atomic mass is 9.90. The molecule has 0 spiro atoms. The Morgan fingerprint density at radius 2 is 1.86 bits per heavy atom. The van der Waals surface area contributed by atoms with Gasteiger partial charge in [0.25, 0.3) is 0 Å². The van der Waals surface area contributed by atoms with Gasteiger partial charge in [-0.1, -0.05) is 12.1 Å². The van der Waals surface area contributed by atoms with E-state index in [2.05, 4.69) is 42.4 Å². The highest BCUT2D eigenvalue weighted by atomic mass is 15.2. The number of piperidine rings is 1. The maximum Gasteiger partial charge on any atom is 0.0991 e. The van der Waals surface area contributed by atoms with E-state index in [9.17, 15) is 0 Å². The largest absolute Gasteiger partial charge is 0.310 e. The van der Waals surface area contributed by atoms with E-state index in [4.69, 9.17) is 5.26 Å². The van der Waals surface area contributed by atoms with Crippen molar-refractivity contribution in [3.05, 3.63) is 35.4 Å². The lowest BCUT2D eigenvalue weighted by Crippen LogP contribution is -2.42. The van der Waals surface area contributed by atoms with Crippen molar-refractivity contribution in [1.29, 1.82) is 5.26 Å². The van der Waals surface area contributed by atoms with Gasteiger partial charge in [-0.3, -0.25) is 0 Å². The van der Waals surface area contributed by atoms with Crippen LogP contribution in [0.3, 0.4) is 0 Å². The van der Waals surface area contributed by atoms with Gasteiger partial charge in [-0.05, 0) is 69.8 Å². The van der Waals surface area contributed by atoms with Crippen molar-refractivity contribution in [2.75, 3.05) is 13.6 Å². The topological polar surface area (TPSA) is 39.1 Å². The minimum absolute atomic E-state index is 0.357. The second kappa shape index (κ2) is 6.17. The first-order chi connectivity index (χ1) is 10.2. The Morgan fingerprint density at radius 3 is 2.43 bits per heavy atom. The van der Waals surface area contributed by atoms with Gasteiger partial charge < -0.3 is 10.2 Å². The third kappa shape index (κ3) is 3.12. The fraction of sp³-hybridized carbons (Fsp3) is 0.611. The Morgan fingerprint density at radius 1 is 1.24 bits per heavy atom. The van der Waals surface area contributed by atoms with Crippen molar-refractivity contribution in [3.63, 3.8) is 0 Å². The molecule has 0 amide bonds. The Kier molecular flexibility index (Phi) is 4.28. The number of hydrogen-bond donors (Lipinski definition) is 1. The number of benzene rings is 1. The van der Waals surface area contributed by atoms with Crippen molar-refractivity contribution in [1.82, 2.24) is 10.2 Å². The van der Waals surface area contributed by atoms with Gasteiger partial charge in [0.1, 0.15) is 0 Å². The van der Waals surface area contributed by atoms with Crippen molar-refractivity contribution in [2.24, 2.45) is 5.92 Å². The number of hydrogen-bond acceptors (Lipinski definition) is 3. The summed E-state index contributed by atoms with van der Waals surface area (Å²) in [6.45, 7) is 3.33. The lowest BCUT2D eigenvalue weighted by Gasteiger charge is -2.36. The van der Waals surface area contributed by atoms with Crippen LogP contribution >= 0.6 is 0 Å². The van der Waals surface area contributed by atoms with Crippen molar-refractivity contribution in [3.8, 4) is 6.07 Å². The molecule has 1 aromatic carbocycles. The molecular formula is C18H25N3.